The minimum absolute atomic E-state index is 0.0248. The maximum absolute atomic E-state index is 12.1. The highest BCUT2D eigenvalue weighted by Gasteiger charge is 2.23. The van der Waals surface area contributed by atoms with Crippen LogP contribution in [0.5, 0.6) is 0 Å². The summed E-state index contributed by atoms with van der Waals surface area (Å²) in [7, 11) is -3.57. The summed E-state index contributed by atoms with van der Waals surface area (Å²) >= 11 is 0. The summed E-state index contributed by atoms with van der Waals surface area (Å²) in [5, 5.41) is 4.21. The second-order valence-electron chi connectivity index (χ2n) is 6.39. The van der Waals surface area contributed by atoms with Crippen molar-refractivity contribution in [1.29, 1.82) is 0 Å². The summed E-state index contributed by atoms with van der Waals surface area (Å²) in [6, 6.07) is 1.71. The Kier molecular flexibility index (Phi) is 4.52. The Morgan fingerprint density at radius 3 is 2.77 bits per heavy atom. The Labute approximate surface area is 131 Å². The van der Waals surface area contributed by atoms with Crippen molar-refractivity contribution in [3.8, 4) is 0 Å². The molecule has 1 aliphatic carbocycles. The van der Waals surface area contributed by atoms with E-state index in [1.54, 1.807) is 6.07 Å². The number of carbonyl (C=O) groups excluding carboxylic acids is 1. The van der Waals surface area contributed by atoms with Crippen molar-refractivity contribution in [1.82, 2.24) is 14.5 Å². The Hall–Kier alpha value is -1.37. The fourth-order valence-corrected chi connectivity index (χ4v) is 4.53. The number of rotatable bonds is 5. The zero-order chi connectivity index (χ0) is 15.6. The van der Waals surface area contributed by atoms with Crippen molar-refractivity contribution in [2.24, 2.45) is 5.92 Å². The first-order valence-electron chi connectivity index (χ1n) is 8.15. The van der Waals surface area contributed by atoms with Crippen molar-refractivity contribution in [3.05, 3.63) is 17.5 Å². The molecule has 1 aromatic rings. The molecule has 1 fully saturated rings. The Bertz CT molecular complexity index is 621. The van der Waals surface area contributed by atoms with E-state index >= 15 is 0 Å². The molecule has 1 aromatic heterocycles. The summed E-state index contributed by atoms with van der Waals surface area (Å²) in [6.45, 7) is 0.803. The quantitative estimate of drug-likeness (QED) is 0.896. The molecule has 0 atom stereocenters. The molecule has 0 radical (unpaired) electrons. The van der Waals surface area contributed by atoms with Crippen LogP contribution in [0.3, 0.4) is 0 Å². The smallest absolute Gasteiger partial charge is 0.269 e. The van der Waals surface area contributed by atoms with Gasteiger partial charge in [-0.05, 0) is 37.7 Å². The first kappa shape index (κ1) is 15.5. The van der Waals surface area contributed by atoms with E-state index < -0.39 is 15.9 Å². The van der Waals surface area contributed by atoms with E-state index in [1.165, 1.54) is 12.8 Å². The Morgan fingerprint density at radius 2 is 2.05 bits per heavy atom. The molecular weight excluding hydrogens is 302 g/mol. The zero-order valence-electron chi connectivity index (χ0n) is 12.8. The summed E-state index contributed by atoms with van der Waals surface area (Å²) in [5.41, 5.74) is 1.22. The number of carbonyl (C=O) groups is 1. The van der Waals surface area contributed by atoms with Gasteiger partial charge in [-0.1, -0.05) is 25.7 Å². The lowest BCUT2D eigenvalue weighted by atomic mass is 10.1. The van der Waals surface area contributed by atoms with Gasteiger partial charge in [0.2, 0.25) is 10.0 Å². The third kappa shape index (κ3) is 3.69. The minimum Gasteiger partial charge on any atom is -0.269 e. The van der Waals surface area contributed by atoms with Crippen molar-refractivity contribution in [3.63, 3.8) is 0 Å². The van der Waals surface area contributed by atoms with E-state index in [0.29, 0.717) is 12.3 Å². The molecule has 3 rings (SSSR count). The average Bonchev–Trinajstić information content (AvgIpc) is 3.14. The highest BCUT2D eigenvalue weighted by atomic mass is 32.2. The van der Waals surface area contributed by atoms with Crippen LogP contribution >= 0.6 is 0 Å². The lowest BCUT2D eigenvalue weighted by molar-refractivity contribution is 0.0975. The molecule has 1 N–H and O–H groups in total. The van der Waals surface area contributed by atoms with E-state index in [0.717, 1.165) is 44.3 Å². The number of amides is 1. The van der Waals surface area contributed by atoms with Gasteiger partial charge in [0.15, 0.2) is 5.69 Å². The number of hydrogen-bond acceptors (Lipinski definition) is 4. The first-order valence-corrected chi connectivity index (χ1v) is 9.80. The molecule has 0 saturated heterocycles. The Morgan fingerprint density at radius 1 is 1.27 bits per heavy atom. The van der Waals surface area contributed by atoms with E-state index in [2.05, 4.69) is 9.82 Å². The highest BCUT2D eigenvalue weighted by molar-refractivity contribution is 7.90. The van der Waals surface area contributed by atoms with Gasteiger partial charge in [0.05, 0.1) is 5.75 Å². The van der Waals surface area contributed by atoms with Gasteiger partial charge >= 0.3 is 0 Å². The zero-order valence-corrected chi connectivity index (χ0v) is 13.6. The third-order valence-corrected chi connectivity index (χ3v) is 5.94. The summed E-state index contributed by atoms with van der Waals surface area (Å²) in [4.78, 5) is 12.1. The molecule has 0 aromatic carbocycles. The minimum atomic E-state index is -3.57. The molecule has 1 aliphatic heterocycles. The van der Waals surface area contributed by atoms with Gasteiger partial charge in [0.1, 0.15) is 0 Å². The van der Waals surface area contributed by atoms with Crippen LogP contribution in [0.15, 0.2) is 6.07 Å². The summed E-state index contributed by atoms with van der Waals surface area (Å²) in [6.07, 6.45) is 8.28. The van der Waals surface area contributed by atoms with Gasteiger partial charge in [-0.2, -0.15) is 5.10 Å². The highest BCUT2D eigenvalue weighted by Crippen LogP contribution is 2.27. The molecule has 1 amide bonds. The average molecular weight is 325 g/mol. The molecule has 1 saturated carbocycles. The summed E-state index contributed by atoms with van der Waals surface area (Å²) in [5.74, 6) is -0.0864. The van der Waals surface area contributed by atoms with E-state index in [4.69, 9.17) is 0 Å². The lowest BCUT2D eigenvalue weighted by Gasteiger charge is -2.11. The van der Waals surface area contributed by atoms with Crippen LogP contribution in [-0.4, -0.2) is 29.9 Å². The van der Waals surface area contributed by atoms with Crippen LogP contribution in [0.1, 0.15) is 61.1 Å². The van der Waals surface area contributed by atoms with Crippen LogP contribution in [0.25, 0.3) is 0 Å². The van der Waals surface area contributed by atoms with Crippen LogP contribution < -0.4 is 4.72 Å². The SMILES string of the molecule is O=C(NS(=O)(=O)CCC1CCCC1)c1cc2n(n1)CCCC2. The maximum Gasteiger partial charge on any atom is 0.285 e. The van der Waals surface area contributed by atoms with Crippen molar-refractivity contribution in [2.75, 3.05) is 5.75 Å². The molecule has 2 aliphatic rings. The molecule has 2 heterocycles. The van der Waals surface area contributed by atoms with Gasteiger partial charge in [-0.3, -0.25) is 9.48 Å². The van der Waals surface area contributed by atoms with Gasteiger partial charge in [0.25, 0.3) is 5.91 Å². The molecule has 7 heteroatoms. The third-order valence-electron chi connectivity index (χ3n) is 4.67. The number of fused-ring (bicyclic) bond motifs is 1. The monoisotopic (exact) mass is 325 g/mol. The molecule has 0 spiro atoms. The molecule has 22 heavy (non-hydrogen) atoms. The number of nitrogens with zero attached hydrogens (tertiary/aromatic N) is 2. The molecular formula is C15H23N3O3S. The second-order valence-corrected chi connectivity index (χ2v) is 8.23. The second kappa shape index (κ2) is 6.40. The van der Waals surface area contributed by atoms with Gasteiger partial charge < -0.3 is 0 Å². The van der Waals surface area contributed by atoms with Crippen LogP contribution in [0.4, 0.5) is 0 Å². The van der Waals surface area contributed by atoms with E-state index in [-0.39, 0.29) is 11.4 Å². The van der Waals surface area contributed by atoms with Gasteiger partial charge in [-0.25, -0.2) is 13.1 Å². The number of nitrogens with one attached hydrogen (secondary N) is 1. The number of aryl methyl sites for hydroxylation is 2. The largest absolute Gasteiger partial charge is 0.285 e. The lowest BCUT2D eigenvalue weighted by Crippen LogP contribution is -2.33. The normalized spacial score (nSPS) is 19.1. The molecule has 0 unspecified atom stereocenters. The Balaban J connectivity index is 1.58. The van der Waals surface area contributed by atoms with Crippen LogP contribution in [0.2, 0.25) is 0 Å². The maximum atomic E-state index is 12.1. The fraction of sp³-hybridized carbons (Fsp3) is 0.733. The molecule has 0 bridgehead atoms. The van der Waals surface area contributed by atoms with Crippen molar-refractivity contribution in [2.45, 2.75) is 57.9 Å². The number of aromatic nitrogens is 2. The predicted octanol–water partition coefficient (Wildman–Crippen LogP) is 1.86. The number of hydrogen-bond donors (Lipinski definition) is 1. The predicted molar refractivity (Wildman–Crippen MR) is 83.0 cm³/mol. The van der Waals surface area contributed by atoms with Crippen LogP contribution in [0, 0.1) is 5.92 Å². The van der Waals surface area contributed by atoms with E-state index in [9.17, 15) is 13.2 Å². The van der Waals surface area contributed by atoms with Crippen molar-refractivity contribution >= 4 is 15.9 Å². The standard InChI is InChI=1S/C15H23N3O3S/c19-15(14-11-13-7-3-4-9-18(13)16-14)17-22(20,21)10-8-12-5-1-2-6-12/h11-12H,1-10H2,(H,17,19). The summed E-state index contributed by atoms with van der Waals surface area (Å²) < 4.78 is 28.1. The fourth-order valence-electron chi connectivity index (χ4n) is 3.39. The van der Waals surface area contributed by atoms with Crippen molar-refractivity contribution < 1.29 is 13.2 Å². The van der Waals surface area contributed by atoms with Crippen LogP contribution in [-0.2, 0) is 23.0 Å². The molecule has 6 nitrogen and oxygen atoms in total. The number of sulfonamides is 1. The van der Waals surface area contributed by atoms with Gasteiger partial charge in [-0.15, -0.1) is 0 Å². The van der Waals surface area contributed by atoms with E-state index in [1.807, 2.05) is 4.68 Å². The topological polar surface area (TPSA) is 81.1 Å². The van der Waals surface area contributed by atoms with Gasteiger partial charge in [0, 0.05) is 12.2 Å². The first-order chi connectivity index (χ1) is 10.5. The molecule has 122 valence electrons.